The molecule has 0 saturated heterocycles. The molecule has 0 rings (SSSR count). The summed E-state index contributed by atoms with van der Waals surface area (Å²) in [4.78, 5) is 0. The Kier molecular flexibility index (Phi) is 13.5. The van der Waals surface area contributed by atoms with Crippen molar-refractivity contribution in [3.63, 3.8) is 0 Å². The molecule has 0 N–H and O–H groups in total. The van der Waals surface area contributed by atoms with Crippen LogP contribution in [0, 0.1) is 0 Å². The van der Waals surface area contributed by atoms with Gasteiger partial charge in [0.1, 0.15) is 0 Å². The van der Waals surface area contributed by atoms with Crippen LogP contribution in [-0.2, 0) is 16.5 Å². The second kappa shape index (κ2) is 10.6. The predicted octanol–water partition coefficient (Wildman–Crippen LogP) is 3.70. The Morgan fingerprint density at radius 2 is 2.00 bits per heavy atom. The van der Waals surface area contributed by atoms with Crippen molar-refractivity contribution in [3.8, 4) is 0 Å². The summed E-state index contributed by atoms with van der Waals surface area (Å²) < 4.78 is 0. The number of hydrogen-bond donors (Lipinski definition) is 0. The van der Waals surface area contributed by atoms with E-state index < -0.39 is 0 Å². The standard InChI is InChI=1S/C8H12Cl2.Ni/c1-2-5-8(10)6-3-4-7-9;/h3-4,6-8H,2,5H2,1H3;. The van der Waals surface area contributed by atoms with Crippen molar-refractivity contribution in [2.24, 2.45) is 0 Å². The van der Waals surface area contributed by atoms with Crippen molar-refractivity contribution in [3.05, 3.63) is 23.8 Å². The monoisotopic (exact) mass is 236 g/mol. The zero-order valence-electron chi connectivity index (χ0n) is 6.37. The number of halogens is 2. The molecule has 0 aliphatic rings. The van der Waals surface area contributed by atoms with E-state index in [-0.39, 0.29) is 21.9 Å². The molecule has 0 spiro atoms. The average Bonchev–Trinajstić information content (AvgIpc) is 1.89. The minimum absolute atomic E-state index is 0. The van der Waals surface area contributed by atoms with Gasteiger partial charge in [-0.05, 0) is 6.42 Å². The van der Waals surface area contributed by atoms with Gasteiger partial charge < -0.3 is 0 Å². The van der Waals surface area contributed by atoms with E-state index in [4.69, 9.17) is 23.2 Å². The molecule has 11 heavy (non-hydrogen) atoms. The maximum atomic E-state index is 5.85. The van der Waals surface area contributed by atoms with Gasteiger partial charge in [-0.15, -0.1) is 11.6 Å². The summed E-state index contributed by atoms with van der Waals surface area (Å²) in [5.74, 6) is 0. The fraction of sp³-hybridized carbons (Fsp3) is 0.500. The van der Waals surface area contributed by atoms with Crippen molar-refractivity contribution in [2.45, 2.75) is 25.1 Å². The maximum absolute atomic E-state index is 5.85. The van der Waals surface area contributed by atoms with Gasteiger partial charge in [0.25, 0.3) is 0 Å². The molecule has 0 radical (unpaired) electrons. The molecule has 0 aromatic rings. The molecule has 3 heteroatoms. The van der Waals surface area contributed by atoms with Crippen LogP contribution in [0.25, 0.3) is 0 Å². The van der Waals surface area contributed by atoms with E-state index in [1.54, 1.807) is 6.08 Å². The summed E-state index contributed by atoms with van der Waals surface area (Å²) >= 11 is 11.1. The van der Waals surface area contributed by atoms with Gasteiger partial charge in [0.05, 0.1) is 5.38 Å². The molecule has 1 unspecified atom stereocenters. The molecule has 68 valence electrons. The van der Waals surface area contributed by atoms with Crippen LogP contribution in [0.2, 0.25) is 0 Å². The largest absolute Gasteiger partial charge is 0.118 e. The summed E-state index contributed by atoms with van der Waals surface area (Å²) in [7, 11) is 0. The molecule has 0 amide bonds. The third-order valence-corrected chi connectivity index (χ3v) is 1.58. The van der Waals surface area contributed by atoms with Crippen LogP contribution in [0.15, 0.2) is 23.8 Å². The van der Waals surface area contributed by atoms with Crippen LogP contribution < -0.4 is 0 Å². The molecular weight excluding hydrogens is 226 g/mol. The molecule has 0 aromatic carbocycles. The van der Waals surface area contributed by atoms with Gasteiger partial charge in [0.2, 0.25) is 0 Å². The zero-order valence-corrected chi connectivity index (χ0v) is 8.87. The molecule has 0 saturated carbocycles. The van der Waals surface area contributed by atoms with Crippen molar-refractivity contribution in [1.29, 1.82) is 0 Å². The number of hydrogen-bond acceptors (Lipinski definition) is 0. The van der Waals surface area contributed by atoms with Crippen molar-refractivity contribution in [2.75, 3.05) is 0 Å². The molecule has 0 aliphatic carbocycles. The first-order valence-corrected chi connectivity index (χ1v) is 4.26. The zero-order chi connectivity index (χ0) is 7.82. The van der Waals surface area contributed by atoms with Gasteiger partial charge in [-0.1, -0.05) is 43.2 Å². The average molecular weight is 238 g/mol. The van der Waals surface area contributed by atoms with Gasteiger partial charge in [-0.25, -0.2) is 0 Å². The summed E-state index contributed by atoms with van der Waals surface area (Å²) in [5, 5.41) is 0.151. The van der Waals surface area contributed by atoms with E-state index in [1.165, 1.54) is 5.54 Å². The fourth-order valence-electron chi connectivity index (χ4n) is 0.599. The Balaban J connectivity index is 0. The Bertz CT molecular complexity index is 121. The van der Waals surface area contributed by atoms with Crippen molar-refractivity contribution in [1.82, 2.24) is 0 Å². The first kappa shape index (κ1) is 14.1. The molecule has 1 atom stereocenters. The fourth-order valence-corrected chi connectivity index (χ4v) is 0.985. The van der Waals surface area contributed by atoms with Crippen LogP contribution in [0.5, 0.6) is 0 Å². The van der Waals surface area contributed by atoms with Crippen LogP contribution >= 0.6 is 23.2 Å². The molecule has 0 aliphatic heterocycles. The molecule has 0 aromatic heterocycles. The van der Waals surface area contributed by atoms with Gasteiger partial charge in [-0.3, -0.25) is 0 Å². The summed E-state index contributed by atoms with van der Waals surface area (Å²) in [6.07, 6.45) is 7.69. The summed E-state index contributed by atoms with van der Waals surface area (Å²) in [6, 6.07) is 0. The van der Waals surface area contributed by atoms with Gasteiger partial charge >= 0.3 is 0 Å². The van der Waals surface area contributed by atoms with Gasteiger partial charge in [0, 0.05) is 22.0 Å². The molecule has 0 bridgehead atoms. The maximum Gasteiger partial charge on any atom is 0.0518 e. The number of rotatable bonds is 4. The minimum atomic E-state index is 0. The van der Waals surface area contributed by atoms with Crippen LogP contribution in [0.3, 0.4) is 0 Å². The van der Waals surface area contributed by atoms with E-state index >= 15 is 0 Å². The van der Waals surface area contributed by atoms with Crippen molar-refractivity contribution < 1.29 is 16.5 Å². The predicted molar refractivity (Wildman–Crippen MR) is 48.7 cm³/mol. The molecular formula is C8H12Cl2Ni. The summed E-state index contributed by atoms with van der Waals surface area (Å²) in [5.41, 5.74) is 1.46. The van der Waals surface area contributed by atoms with E-state index in [9.17, 15) is 0 Å². The van der Waals surface area contributed by atoms with Crippen molar-refractivity contribution >= 4 is 23.2 Å². The Morgan fingerprint density at radius 1 is 1.36 bits per heavy atom. The Hall–Kier alpha value is 0.554. The normalized spacial score (nSPS) is 13.7. The van der Waals surface area contributed by atoms with Gasteiger partial charge in [0.15, 0.2) is 0 Å². The topological polar surface area (TPSA) is 0 Å². The SMILES string of the molecule is CCCC(Cl)C=CC=CCl.[Ni]. The number of alkyl halides is 1. The third kappa shape index (κ3) is 10.6. The molecule has 0 heterocycles. The minimum Gasteiger partial charge on any atom is -0.118 e. The Labute approximate surface area is 88.6 Å². The van der Waals surface area contributed by atoms with E-state index in [0.29, 0.717) is 0 Å². The second-order valence-corrected chi connectivity index (χ2v) is 2.82. The molecule has 0 nitrogen and oxygen atoms in total. The quantitative estimate of drug-likeness (QED) is 0.397. The third-order valence-electron chi connectivity index (χ3n) is 1.07. The molecule has 0 fully saturated rings. The summed E-state index contributed by atoms with van der Waals surface area (Å²) in [6.45, 7) is 2.11. The first-order chi connectivity index (χ1) is 4.81. The Morgan fingerprint density at radius 3 is 2.45 bits per heavy atom. The van der Waals surface area contributed by atoms with Crippen LogP contribution in [0.4, 0.5) is 0 Å². The second-order valence-electron chi connectivity index (χ2n) is 2.01. The van der Waals surface area contributed by atoms with Crippen LogP contribution in [0.1, 0.15) is 19.8 Å². The van der Waals surface area contributed by atoms with E-state index in [2.05, 4.69) is 6.92 Å². The van der Waals surface area contributed by atoms with E-state index in [0.717, 1.165) is 12.8 Å². The smallest absolute Gasteiger partial charge is 0.0518 e. The van der Waals surface area contributed by atoms with E-state index in [1.807, 2.05) is 12.2 Å². The van der Waals surface area contributed by atoms with Crippen LogP contribution in [-0.4, -0.2) is 5.38 Å². The first-order valence-electron chi connectivity index (χ1n) is 3.39. The van der Waals surface area contributed by atoms with Gasteiger partial charge in [-0.2, -0.15) is 0 Å². The number of allylic oxidation sites excluding steroid dienone is 3.